The molecule has 0 aliphatic rings. The maximum absolute atomic E-state index is 11.9. The lowest BCUT2D eigenvalue weighted by molar-refractivity contribution is 0.103. The Hall–Kier alpha value is -1.70. The van der Waals surface area contributed by atoms with Crippen LogP contribution in [-0.4, -0.2) is 10.8 Å². The maximum atomic E-state index is 11.9. The lowest BCUT2D eigenvalue weighted by Gasteiger charge is -1.85. The number of rotatable bonds is 3. The summed E-state index contributed by atoms with van der Waals surface area (Å²) >= 11 is 6.20. The highest BCUT2D eigenvalue weighted by molar-refractivity contribution is 9.10. The Bertz CT molecular complexity index is 947. The van der Waals surface area contributed by atoms with Gasteiger partial charge in [0.2, 0.25) is 5.78 Å². The van der Waals surface area contributed by atoms with E-state index in [9.17, 15) is 9.59 Å². The fraction of sp³-hybridized carbons (Fsp3) is 0. The maximum Gasteiger partial charge on any atom is 0.266 e. The number of thiophene rings is 1. The summed E-state index contributed by atoms with van der Waals surface area (Å²) in [5.41, 5.74) is 0.729. The van der Waals surface area contributed by atoms with Crippen molar-refractivity contribution in [2.45, 2.75) is 0 Å². The SMILES string of the molecule is O=C(/C=c1/[nH]c(=O)/c(=C/c2cscc2Br)s1)c1ccco1. The molecular formula is C14H8BrNO3S2. The number of Topliss-reactive ketones (excluding diaryl/α,β-unsaturated/α-hetero) is 1. The van der Waals surface area contributed by atoms with Gasteiger partial charge in [0.25, 0.3) is 5.56 Å². The van der Waals surface area contributed by atoms with Gasteiger partial charge in [-0.1, -0.05) is 0 Å². The Balaban J connectivity index is 2.03. The molecule has 0 aliphatic heterocycles. The Kier molecular flexibility index (Phi) is 4.05. The smallest absolute Gasteiger partial charge is 0.266 e. The molecule has 21 heavy (non-hydrogen) atoms. The highest BCUT2D eigenvalue weighted by Gasteiger charge is 2.05. The largest absolute Gasteiger partial charge is 0.461 e. The summed E-state index contributed by atoms with van der Waals surface area (Å²) in [5, 5.41) is 3.89. The summed E-state index contributed by atoms with van der Waals surface area (Å²) in [6.07, 6.45) is 4.59. The Morgan fingerprint density at radius 1 is 1.38 bits per heavy atom. The summed E-state index contributed by atoms with van der Waals surface area (Å²) < 4.78 is 7.01. The van der Waals surface area contributed by atoms with Crippen LogP contribution in [0.15, 0.2) is 42.8 Å². The van der Waals surface area contributed by atoms with Crippen LogP contribution in [-0.2, 0) is 0 Å². The van der Waals surface area contributed by atoms with Crippen molar-refractivity contribution >= 4 is 56.5 Å². The highest BCUT2D eigenvalue weighted by atomic mass is 79.9. The van der Waals surface area contributed by atoms with Gasteiger partial charge in [0, 0.05) is 21.5 Å². The van der Waals surface area contributed by atoms with Crippen LogP contribution >= 0.6 is 38.6 Å². The summed E-state index contributed by atoms with van der Waals surface area (Å²) in [7, 11) is 0. The third kappa shape index (κ3) is 3.15. The highest BCUT2D eigenvalue weighted by Crippen LogP contribution is 2.21. The van der Waals surface area contributed by atoms with Gasteiger partial charge in [0.1, 0.15) is 0 Å². The monoisotopic (exact) mass is 381 g/mol. The van der Waals surface area contributed by atoms with Crippen LogP contribution in [0.25, 0.3) is 12.2 Å². The molecule has 3 aromatic heterocycles. The third-order valence-electron chi connectivity index (χ3n) is 2.64. The van der Waals surface area contributed by atoms with Gasteiger partial charge in [-0.25, -0.2) is 0 Å². The fourth-order valence-corrected chi connectivity index (χ4v) is 3.91. The molecule has 3 heterocycles. The van der Waals surface area contributed by atoms with Crippen LogP contribution < -0.4 is 14.8 Å². The van der Waals surface area contributed by atoms with Gasteiger partial charge < -0.3 is 9.40 Å². The van der Waals surface area contributed by atoms with E-state index >= 15 is 0 Å². The molecule has 0 atom stereocenters. The molecule has 7 heteroatoms. The summed E-state index contributed by atoms with van der Waals surface area (Å²) in [6, 6.07) is 3.23. The zero-order valence-electron chi connectivity index (χ0n) is 10.5. The zero-order chi connectivity index (χ0) is 14.8. The second kappa shape index (κ2) is 5.97. The van der Waals surface area contributed by atoms with E-state index in [1.165, 1.54) is 23.7 Å². The number of H-pyrrole nitrogens is 1. The molecule has 0 unspecified atom stereocenters. The predicted molar refractivity (Wildman–Crippen MR) is 87.3 cm³/mol. The average Bonchev–Trinajstić information content (AvgIpc) is 3.15. The molecule has 0 saturated heterocycles. The second-order valence-corrected chi connectivity index (χ2v) is 6.77. The number of nitrogens with one attached hydrogen (secondary N) is 1. The van der Waals surface area contributed by atoms with Gasteiger partial charge in [-0.15, -0.1) is 11.3 Å². The molecule has 3 rings (SSSR count). The summed E-state index contributed by atoms with van der Waals surface area (Å²) in [4.78, 5) is 26.5. The first-order chi connectivity index (χ1) is 10.1. The van der Waals surface area contributed by atoms with Crippen molar-refractivity contribution in [3.05, 3.63) is 64.5 Å². The van der Waals surface area contributed by atoms with E-state index in [1.54, 1.807) is 29.5 Å². The van der Waals surface area contributed by atoms with Gasteiger partial charge in [-0.3, -0.25) is 9.59 Å². The van der Waals surface area contributed by atoms with Crippen molar-refractivity contribution in [1.29, 1.82) is 0 Å². The van der Waals surface area contributed by atoms with Crippen LogP contribution in [0.4, 0.5) is 0 Å². The van der Waals surface area contributed by atoms with Crippen molar-refractivity contribution in [3.63, 3.8) is 0 Å². The van der Waals surface area contributed by atoms with Crippen molar-refractivity contribution in [3.8, 4) is 0 Å². The molecule has 0 amide bonds. The van der Waals surface area contributed by atoms with E-state index in [1.807, 2.05) is 10.8 Å². The van der Waals surface area contributed by atoms with Gasteiger partial charge in [-0.05, 0) is 39.5 Å². The number of hydrogen-bond acceptors (Lipinski definition) is 5. The number of hydrogen-bond donors (Lipinski definition) is 1. The normalized spacial score (nSPS) is 13.0. The first-order valence-electron chi connectivity index (χ1n) is 5.85. The van der Waals surface area contributed by atoms with Crippen molar-refractivity contribution in [1.82, 2.24) is 4.98 Å². The lowest BCUT2D eigenvalue weighted by Crippen LogP contribution is -2.19. The molecule has 0 aromatic carbocycles. The number of aromatic nitrogens is 1. The lowest BCUT2D eigenvalue weighted by atomic mass is 10.3. The summed E-state index contributed by atoms with van der Waals surface area (Å²) in [5.74, 6) is -0.0314. The van der Waals surface area contributed by atoms with Gasteiger partial charge in [0.05, 0.1) is 15.5 Å². The zero-order valence-corrected chi connectivity index (χ0v) is 13.7. The number of thiazole rings is 1. The molecule has 1 N–H and O–H groups in total. The van der Waals surface area contributed by atoms with Crippen molar-refractivity contribution in [2.24, 2.45) is 0 Å². The number of halogens is 1. The Labute approximate surface area is 135 Å². The fourth-order valence-electron chi connectivity index (χ4n) is 1.67. The minimum absolute atomic E-state index is 0.211. The van der Waals surface area contributed by atoms with Crippen LogP contribution in [0.2, 0.25) is 0 Å². The van der Waals surface area contributed by atoms with E-state index in [0.29, 0.717) is 9.20 Å². The van der Waals surface area contributed by atoms with Crippen LogP contribution in [0.1, 0.15) is 16.1 Å². The number of carbonyl (C=O) groups is 1. The van der Waals surface area contributed by atoms with Crippen molar-refractivity contribution in [2.75, 3.05) is 0 Å². The Morgan fingerprint density at radius 2 is 2.24 bits per heavy atom. The molecule has 3 aromatic rings. The topological polar surface area (TPSA) is 63.1 Å². The molecule has 4 nitrogen and oxygen atoms in total. The van der Waals surface area contributed by atoms with Crippen molar-refractivity contribution < 1.29 is 9.21 Å². The van der Waals surface area contributed by atoms with Gasteiger partial charge in [-0.2, -0.15) is 11.3 Å². The molecule has 0 saturated carbocycles. The first-order valence-corrected chi connectivity index (χ1v) is 8.41. The standard InChI is InChI=1S/C14H8BrNO3S2/c15-9-7-20-6-8(9)4-12-14(18)16-13(21-12)5-10(17)11-2-1-3-19-11/h1-7H,(H,16,18)/b12-4-,13-5-. The number of ketones is 1. The second-order valence-electron chi connectivity index (χ2n) is 4.09. The van der Waals surface area contributed by atoms with Crippen LogP contribution in [0, 0.1) is 0 Å². The Morgan fingerprint density at radius 3 is 2.90 bits per heavy atom. The molecule has 0 radical (unpaired) electrons. The molecule has 0 bridgehead atoms. The molecule has 106 valence electrons. The number of carbonyl (C=O) groups excluding carboxylic acids is 1. The molecule has 0 fully saturated rings. The van der Waals surface area contributed by atoms with Gasteiger partial charge >= 0.3 is 0 Å². The van der Waals surface area contributed by atoms with Crippen LogP contribution in [0.3, 0.4) is 0 Å². The number of furan rings is 1. The molecule has 0 spiro atoms. The predicted octanol–water partition coefficient (Wildman–Crippen LogP) is 2.35. The van der Waals surface area contributed by atoms with Crippen LogP contribution in [0.5, 0.6) is 0 Å². The first kappa shape index (κ1) is 14.2. The quantitative estimate of drug-likeness (QED) is 0.708. The van der Waals surface area contributed by atoms with E-state index in [-0.39, 0.29) is 17.1 Å². The van der Waals surface area contributed by atoms with E-state index in [0.717, 1.165) is 10.0 Å². The molecular weight excluding hydrogens is 374 g/mol. The van der Waals surface area contributed by atoms with Gasteiger partial charge in [0.15, 0.2) is 5.76 Å². The molecule has 0 aliphatic carbocycles. The minimum atomic E-state index is -0.277. The van der Waals surface area contributed by atoms with E-state index in [2.05, 4.69) is 20.9 Å². The average molecular weight is 382 g/mol. The van der Waals surface area contributed by atoms with E-state index in [4.69, 9.17) is 4.42 Å². The summed E-state index contributed by atoms with van der Waals surface area (Å²) in [6.45, 7) is 0. The third-order valence-corrected chi connectivity index (χ3v) is 5.35. The van der Waals surface area contributed by atoms with E-state index < -0.39 is 0 Å². The number of aromatic amines is 1. The minimum Gasteiger partial charge on any atom is -0.461 e.